The molecule has 1 heterocycles. The highest BCUT2D eigenvalue weighted by molar-refractivity contribution is 6.31. The van der Waals surface area contributed by atoms with E-state index in [9.17, 15) is 9.18 Å². The number of halogens is 3. The van der Waals surface area contributed by atoms with Crippen molar-refractivity contribution in [2.24, 2.45) is 5.92 Å². The molecule has 2 nitrogen and oxygen atoms in total. The molecule has 1 saturated heterocycles. The van der Waals surface area contributed by atoms with Crippen LogP contribution >= 0.6 is 24.0 Å². The SMILES string of the molecule is Cl.O=C(c1ccc(F)c(Cl)c1)C1CCNCC1. The predicted molar refractivity (Wildman–Crippen MR) is 68.6 cm³/mol. The maximum Gasteiger partial charge on any atom is 0.166 e. The second kappa shape index (κ2) is 6.34. The summed E-state index contributed by atoms with van der Waals surface area (Å²) in [6.45, 7) is 1.73. The van der Waals surface area contributed by atoms with E-state index in [2.05, 4.69) is 5.32 Å². The fraction of sp³-hybridized carbons (Fsp3) is 0.417. The molecule has 0 spiro atoms. The lowest BCUT2D eigenvalue weighted by Gasteiger charge is -2.21. The van der Waals surface area contributed by atoms with E-state index in [1.165, 1.54) is 18.2 Å². The quantitative estimate of drug-likeness (QED) is 0.842. The first-order chi connectivity index (χ1) is 7.68. The molecule has 1 aromatic carbocycles. The number of hydrogen-bond donors (Lipinski definition) is 1. The van der Waals surface area contributed by atoms with Gasteiger partial charge in [0.2, 0.25) is 0 Å². The van der Waals surface area contributed by atoms with Crippen LogP contribution in [0.3, 0.4) is 0 Å². The molecule has 0 aliphatic carbocycles. The van der Waals surface area contributed by atoms with Crippen LogP contribution < -0.4 is 5.32 Å². The third-order valence-corrected chi connectivity index (χ3v) is 3.20. The number of ketones is 1. The number of hydrogen-bond acceptors (Lipinski definition) is 2. The molecule has 0 unspecified atom stereocenters. The van der Waals surface area contributed by atoms with Gasteiger partial charge in [0.25, 0.3) is 0 Å². The van der Waals surface area contributed by atoms with Crippen LogP contribution in [-0.4, -0.2) is 18.9 Å². The molecule has 0 saturated carbocycles. The second-order valence-corrected chi connectivity index (χ2v) is 4.42. The van der Waals surface area contributed by atoms with Crippen LogP contribution in [-0.2, 0) is 0 Å². The molecular formula is C12H14Cl2FNO. The molecule has 0 bridgehead atoms. The van der Waals surface area contributed by atoms with E-state index in [1.54, 1.807) is 0 Å². The van der Waals surface area contributed by atoms with Crippen molar-refractivity contribution in [1.82, 2.24) is 5.32 Å². The Morgan fingerprint density at radius 3 is 2.59 bits per heavy atom. The van der Waals surface area contributed by atoms with Crippen LogP contribution in [0, 0.1) is 11.7 Å². The van der Waals surface area contributed by atoms with Gasteiger partial charge >= 0.3 is 0 Å². The topological polar surface area (TPSA) is 29.1 Å². The summed E-state index contributed by atoms with van der Waals surface area (Å²) in [6, 6.07) is 4.17. The molecule has 1 fully saturated rings. The Labute approximate surface area is 111 Å². The molecule has 17 heavy (non-hydrogen) atoms. The lowest BCUT2D eigenvalue weighted by atomic mass is 9.90. The average molecular weight is 278 g/mol. The molecule has 0 amide bonds. The second-order valence-electron chi connectivity index (χ2n) is 4.02. The van der Waals surface area contributed by atoms with E-state index >= 15 is 0 Å². The van der Waals surface area contributed by atoms with E-state index in [-0.39, 0.29) is 29.1 Å². The van der Waals surface area contributed by atoms with Gasteiger partial charge in [0.1, 0.15) is 5.82 Å². The highest BCUT2D eigenvalue weighted by atomic mass is 35.5. The number of rotatable bonds is 2. The van der Waals surface area contributed by atoms with E-state index in [0.717, 1.165) is 25.9 Å². The van der Waals surface area contributed by atoms with Gasteiger partial charge in [-0.25, -0.2) is 4.39 Å². The first-order valence-electron chi connectivity index (χ1n) is 5.38. The Morgan fingerprint density at radius 2 is 2.00 bits per heavy atom. The van der Waals surface area contributed by atoms with E-state index in [4.69, 9.17) is 11.6 Å². The van der Waals surface area contributed by atoms with Crippen molar-refractivity contribution >= 4 is 29.8 Å². The number of carbonyl (C=O) groups is 1. The van der Waals surface area contributed by atoms with Gasteiger partial charge < -0.3 is 5.32 Å². The first kappa shape index (κ1) is 14.4. The Bertz CT molecular complexity index is 405. The van der Waals surface area contributed by atoms with Crippen LogP contribution in [0.1, 0.15) is 23.2 Å². The third kappa shape index (κ3) is 3.41. The molecule has 1 aromatic rings. The van der Waals surface area contributed by atoms with Gasteiger partial charge in [-0.1, -0.05) is 11.6 Å². The van der Waals surface area contributed by atoms with Crippen LogP contribution in [0.4, 0.5) is 4.39 Å². The van der Waals surface area contributed by atoms with Crippen molar-refractivity contribution in [2.75, 3.05) is 13.1 Å². The summed E-state index contributed by atoms with van der Waals surface area (Å²) >= 11 is 5.66. The Hall–Kier alpha value is -0.640. The largest absolute Gasteiger partial charge is 0.317 e. The Kier molecular flexibility index (Phi) is 5.37. The highest BCUT2D eigenvalue weighted by Gasteiger charge is 2.22. The van der Waals surface area contributed by atoms with Gasteiger partial charge in [-0.05, 0) is 44.1 Å². The first-order valence-corrected chi connectivity index (χ1v) is 5.76. The Balaban J connectivity index is 0.00000144. The maximum atomic E-state index is 13.0. The minimum absolute atomic E-state index is 0. The number of nitrogens with one attached hydrogen (secondary N) is 1. The zero-order valence-corrected chi connectivity index (χ0v) is 10.8. The van der Waals surface area contributed by atoms with E-state index < -0.39 is 5.82 Å². The van der Waals surface area contributed by atoms with Crippen molar-refractivity contribution in [1.29, 1.82) is 0 Å². The maximum absolute atomic E-state index is 13.0. The number of piperidine rings is 1. The van der Waals surface area contributed by atoms with Crippen LogP contribution in [0.2, 0.25) is 5.02 Å². The van der Waals surface area contributed by atoms with Crippen molar-refractivity contribution in [3.05, 3.63) is 34.6 Å². The zero-order chi connectivity index (χ0) is 11.5. The Morgan fingerprint density at radius 1 is 1.35 bits per heavy atom. The standard InChI is InChI=1S/C12H13ClFNO.ClH/c13-10-7-9(1-2-11(10)14)12(16)8-3-5-15-6-4-8;/h1-2,7-8,15H,3-6H2;1H. The molecule has 5 heteroatoms. The van der Waals surface area contributed by atoms with Crippen LogP contribution in [0.25, 0.3) is 0 Å². The van der Waals surface area contributed by atoms with Crippen LogP contribution in [0.15, 0.2) is 18.2 Å². The summed E-state index contributed by atoms with van der Waals surface area (Å²) < 4.78 is 13.0. The van der Waals surface area contributed by atoms with Gasteiger partial charge in [-0.2, -0.15) is 0 Å². The minimum Gasteiger partial charge on any atom is -0.317 e. The van der Waals surface area contributed by atoms with Crippen molar-refractivity contribution in [3.63, 3.8) is 0 Å². The molecule has 2 rings (SSSR count). The molecule has 0 aromatic heterocycles. The molecule has 0 atom stereocenters. The zero-order valence-electron chi connectivity index (χ0n) is 9.21. The van der Waals surface area contributed by atoms with E-state index in [1.807, 2.05) is 0 Å². The molecule has 1 N–H and O–H groups in total. The molecule has 1 aliphatic heterocycles. The molecule has 0 radical (unpaired) electrons. The van der Waals surface area contributed by atoms with Gasteiger partial charge in [0.05, 0.1) is 5.02 Å². The number of carbonyl (C=O) groups excluding carboxylic acids is 1. The monoisotopic (exact) mass is 277 g/mol. The summed E-state index contributed by atoms with van der Waals surface area (Å²) in [5.41, 5.74) is 0.512. The normalized spacial score (nSPS) is 16.4. The summed E-state index contributed by atoms with van der Waals surface area (Å²) in [6.07, 6.45) is 1.68. The van der Waals surface area contributed by atoms with Crippen molar-refractivity contribution in [2.45, 2.75) is 12.8 Å². The third-order valence-electron chi connectivity index (χ3n) is 2.91. The number of Topliss-reactive ketones (excluding diaryl/α,β-unsaturated/α-hetero) is 1. The fourth-order valence-corrected chi connectivity index (χ4v) is 2.15. The van der Waals surface area contributed by atoms with Crippen molar-refractivity contribution < 1.29 is 9.18 Å². The van der Waals surface area contributed by atoms with Crippen molar-refractivity contribution in [3.8, 4) is 0 Å². The summed E-state index contributed by atoms with van der Waals surface area (Å²) in [4.78, 5) is 12.1. The fourth-order valence-electron chi connectivity index (χ4n) is 1.97. The number of benzene rings is 1. The van der Waals surface area contributed by atoms with E-state index in [0.29, 0.717) is 5.56 Å². The van der Waals surface area contributed by atoms with Gasteiger partial charge in [0.15, 0.2) is 5.78 Å². The molecular weight excluding hydrogens is 264 g/mol. The highest BCUT2D eigenvalue weighted by Crippen LogP contribution is 2.22. The minimum atomic E-state index is -0.483. The lowest BCUT2D eigenvalue weighted by Crippen LogP contribution is -2.31. The van der Waals surface area contributed by atoms with Gasteiger partial charge in [0, 0.05) is 11.5 Å². The molecule has 1 aliphatic rings. The van der Waals surface area contributed by atoms with Gasteiger partial charge in [-0.15, -0.1) is 12.4 Å². The lowest BCUT2D eigenvalue weighted by molar-refractivity contribution is 0.0895. The summed E-state index contributed by atoms with van der Waals surface area (Å²) in [5, 5.41) is 3.22. The summed E-state index contributed by atoms with van der Waals surface area (Å²) in [5.74, 6) is -0.366. The average Bonchev–Trinajstić information content (AvgIpc) is 2.33. The predicted octanol–water partition coefficient (Wildman–Crippen LogP) is 3.08. The van der Waals surface area contributed by atoms with Crippen LogP contribution in [0.5, 0.6) is 0 Å². The summed E-state index contributed by atoms with van der Waals surface area (Å²) in [7, 11) is 0. The molecule has 94 valence electrons. The smallest absolute Gasteiger partial charge is 0.166 e. The van der Waals surface area contributed by atoms with Gasteiger partial charge in [-0.3, -0.25) is 4.79 Å².